The minimum absolute atomic E-state index is 0.613. The van der Waals surface area contributed by atoms with Crippen molar-refractivity contribution >= 4 is 90.1 Å². The van der Waals surface area contributed by atoms with Crippen molar-refractivity contribution in [2.75, 3.05) is 0 Å². The number of hydrogen-bond acceptors (Lipinski definition) is 0. The van der Waals surface area contributed by atoms with Crippen LogP contribution in [0.3, 0.4) is 0 Å². The van der Waals surface area contributed by atoms with Crippen molar-refractivity contribution in [3.8, 4) is 0 Å². The van der Waals surface area contributed by atoms with Gasteiger partial charge >= 0.3 is 0 Å². The third kappa shape index (κ3) is 21.7. The van der Waals surface area contributed by atoms with Crippen LogP contribution >= 0.6 is 15.8 Å². The van der Waals surface area contributed by atoms with Gasteiger partial charge in [0.05, 0.1) is 32.3 Å². The van der Waals surface area contributed by atoms with E-state index in [-0.39, 0.29) is 0 Å². The smallest absolute Gasteiger partial charge is 0.0654 e. The molecular weight excluding hydrogens is 1140 g/mol. The molecule has 0 nitrogen and oxygen atoms in total. The molecule has 0 saturated heterocycles. The van der Waals surface area contributed by atoms with Gasteiger partial charge in [-0.05, 0) is 67.0 Å². The average molecular weight is 1270 g/mol. The van der Waals surface area contributed by atoms with E-state index in [2.05, 4.69) is 186 Å². The number of benzene rings is 4. The predicted molar refractivity (Wildman–Crippen MR) is 411 cm³/mol. The lowest BCUT2D eigenvalue weighted by molar-refractivity contribution is 0.414. The first-order chi connectivity index (χ1) is 42.0. The molecule has 0 aliphatic heterocycles. The Morgan fingerprint density at radius 2 is 0.535 bits per heavy atom. The molecule has 0 bridgehead atoms. The van der Waals surface area contributed by atoms with Gasteiger partial charge in [0.15, 0.2) is 0 Å². The van der Waals surface area contributed by atoms with Crippen molar-refractivity contribution in [1.29, 1.82) is 0 Å². The highest BCUT2D eigenvalue weighted by atomic mass is 31.1. The fourth-order valence-corrected chi connectivity index (χ4v) is 44.4. The molecule has 86 heavy (non-hydrogen) atoms. The van der Waals surface area contributed by atoms with Gasteiger partial charge in [-0.3, -0.25) is 0 Å². The molecule has 0 aromatic heterocycles. The average Bonchev–Trinajstić information content (AvgIpc) is 3.46. The highest BCUT2D eigenvalue weighted by Crippen LogP contribution is 2.55. The van der Waals surface area contributed by atoms with Crippen LogP contribution in [-0.2, 0) is 0 Å². The Bertz CT molecular complexity index is 2220. The third-order valence-corrected chi connectivity index (χ3v) is 48.4. The largest absolute Gasteiger partial charge is 0.0867 e. The van der Waals surface area contributed by atoms with E-state index in [0.717, 1.165) is 0 Å². The molecule has 0 spiro atoms. The van der Waals surface area contributed by atoms with Crippen LogP contribution in [0.4, 0.5) is 0 Å². The van der Waals surface area contributed by atoms with Crippen LogP contribution in [0.15, 0.2) is 108 Å². The molecule has 1 saturated carbocycles. The second-order valence-corrected chi connectivity index (χ2v) is 51.0. The first-order valence-electron chi connectivity index (χ1n) is 37.8. The Morgan fingerprint density at radius 1 is 0.314 bits per heavy atom. The first-order valence-corrected chi connectivity index (χ1v) is 51.0. The zero-order chi connectivity index (χ0) is 61.9. The molecule has 1 fully saturated rings. The van der Waals surface area contributed by atoms with Crippen LogP contribution in [0.1, 0.15) is 269 Å². The normalized spacial score (nSPS) is 14.1. The molecule has 1 aliphatic carbocycles. The molecule has 482 valence electrons. The maximum atomic E-state index is 3.15. The van der Waals surface area contributed by atoms with E-state index in [0.29, 0.717) is 5.92 Å². The summed E-state index contributed by atoms with van der Waals surface area (Å²) in [6.45, 7) is 29.5. The van der Waals surface area contributed by atoms with E-state index in [4.69, 9.17) is 0 Å². The number of allylic oxidation sites excluding steroid dienone is 1. The minimum atomic E-state index is -1.81. The molecule has 0 unspecified atom stereocenters. The van der Waals surface area contributed by atoms with Gasteiger partial charge in [0.2, 0.25) is 0 Å². The molecule has 0 radical (unpaired) electrons. The maximum Gasteiger partial charge on any atom is 0.0867 e. The van der Waals surface area contributed by atoms with E-state index in [1.807, 2.05) is 26.1 Å². The summed E-state index contributed by atoms with van der Waals surface area (Å²) in [4.78, 5) is 0. The van der Waals surface area contributed by atoms with Crippen LogP contribution < -0.4 is 42.0 Å². The van der Waals surface area contributed by atoms with Crippen molar-refractivity contribution < 1.29 is 0 Å². The third-order valence-electron chi connectivity index (χ3n) is 21.6. The number of unbranched alkanes of at least 4 members (excludes halogenated alkanes) is 12. The molecule has 4 aromatic carbocycles. The fraction of sp³-hybridized carbons (Fsp3) is 0.675. The lowest BCUT2D eigenvalue weighted by Gasteiger charge is -2.37. The van der Waals surface area contributed by atoms with Crippen molar-refractivity contribution in [3.63, 3.8) is 0 Å². The summed E-state index contributed by atoms with van der Waals surface area (Å²) in [6, 6.07) is 61.3. The van der Waals surface area contributed by atoms with Gasteiger partial charge < -0.3 is 0 Å². The van der Waals surface area contributed by atoms with Crippen LogP contribution in [0, 0.1) is 5.92 Å². The Labute approximate surface area is 542 Å². The topological polar surface area (TPSA) is 0 Å². The van der Waals surface area contributed by atoms with Crippen LogP contribution in [0.5, 0.6) is 0 Å². The van der Waals surface area contributed by atoms with Crippen molar-refractivity contribution in [2.45, 2.75) is 342 Å². The number of hydrogen-bond donors (Lipinski definition) is 0. The van der Waals surface area contributed by atoms with Crippen molar-refractivity contribution in [2.24, 2.45) is 5.92 Å². The Hall–Kier alpha value is -1.65. The Balaban J connectivity index is 2.03. The zero-order valence-corrected chi connectivity index (χ0v) is 64.6. The highest BCUT2D eigenvalue weighted by molar-refractivity contribution is 7.80. The molecule has 0 atom stereocenters. The highest BCUT2D eigenvalue weighted by Gasteiger charge is 2.40. The lowest BCUT2D eigenvalue weighted by Crippen LogP contribution is -2.49. The Kier molecular flexibility index (Phi) is 36.4. The quantitative estimate of drug-likeness (QED) is 0.0305. The van der Waals surface area contributed by atoms with Gasteiger partial charge in [-0.15, -0.1) is 0 Å². The van der Waals surface area contributed by atoms with E-state index in [1.54, 1.807) is 21.2 Å². The van der Waals surface area contributed by atoms with Gasteiger partial charge in [0.1, 0.15) is 0 Å². The summed E-state index contributed by atoms with van der Waals surface area (Å²) in [6.07, 6.45) is 39.2. The predicted octanol–water partition coefficient (Wildman–Crippen LogP) is 23.9. The van der Waals surface area contributed by atoms with Gasteiger partial charge in [-0.2, -0.15) is 0 Å². The molecule has 0 N–H and O–H groups in total. The maximum absolute atomic E-state index is 3.15. The molecule has 0 heterocycles. The standard InChI is InChI=1S/C80H136P2Si4/c1-13-25-54-83(55-26-14-2,56-27-15-3)76-50-40-46-72(66-76)81(73-47-41-51-77(67-73)84(57-28-16-4,58-29-17-5)59-30-18-6)70-80(71-44-38-37-39-45-71)82(74-48-42-52-78(68-74)85(60-31-19-7,61-32-20-8)62-33-21-9)75-49-43-53-79(69-75)86(63-34-22-10,64-35-23-11)65-36-24-12/h40-43,46-53,66-71H,13-39,44-45,54-65H2,1-12H3/b80-70-. The molecule has 1 aliphatic rings. The van der Waals surface area contributed by atoms with E-state index in [1.165, 1.54) is 259 Å². The second-order valence-electron chi connectivity index (χ2n) is 28.2. The molecular formula is C80H136P2Si4. The molecule has 0 amide bonds. The van der Waals surface area contributed by atoms with E-state index < -0.39 is 48.1 Å². The molecule has 6 heteroatoms. The summed E-state index contributed by atoms with van der Waals surface area (Å²) < 4.78 is 0. The number of rotatable bonds is 47. The summed E-state index contributed by atoms with van der Waals surface area (Å²) in [5, 5.41) is 15.9. The monoisotopic (exact) mass is 1270 g/mol. The minimum Gasteiger partial charge on any atom is -0.0654 e. The van der Waals surface area contributed by atoms with E-state index >= 15 is 0 Å². The SMILES string of the molecule is CCCC[Si](CCCC)(CCCC)c1cccc(P(/C=C(/C2CCCCC2)P(c2cccc([Si](CCCC)(CCCC)CCCC)c2)c2cccc([Si](CCCC)(CCCC)CCCC)c2)c2cccc([Si](CCCC)(CCCC)CCCC)c2)c1. The van der Waals surface area contributed by atoms with Gasteiger partial charge in [-0.25, -0.2) is 0 Å². The van der Waals surface area contributed by atoms with Crippen LogP contribution in [0.2, 0.25) is 72.5 Å². The van der Waals surface area contributed by atoms with E-state index in [9.17, 15) is 0 Å². The van der Waals surface area contributed by atoms with Crippen LogP contribution in [0.25, 0.3) is 0 Å². The van der Waals surface area contributed by atoms with Crippen molar-refractivity contribution in [1.82, 2.24) is 0 Å². The molecule has 4 aromatic rings. The van der Waals surface area contributed by atoms with Crippen LogP contribution in [-0.4, -0.2) is 32.3 Å². The zero-order valence-electron chi connectivity index (χ0n) is 58.8. The summed E-state index contributed by atoms with van der Waals surface area (Å²) in [5.41, 5.74) is 0. The van der Waals surface area contributed by atoms with Gasteiger partial charge in [0, 0.05) is 0 Å². The summed E-state index contributed by atoms with van der Waals surface area (Å²) in [7, 11) is -8.86. The lowest BCUT2D eigenvalue weighted by atomic mass is 9.89. The van der Waals surface area contributed by atoms with Crippen molar-refractivity contribution in [3.05, 3.63) is 108 Å². The van der Waals surface area contributed by atoms with Gasteiger partial charge in [-0.1, -0.05) is 447 Å². The molecule has 5 rings (SSSR count). The second kappa shape index (κ2) is 41.8. The fourth-order valence-electron chi connectivity index (χ4n) is 16.0. The first kappa shape index (κ1) is 75.1. The summed E-state index contributed by atoms with van der Waals surface area (Å²) >= 11 is 0. The Morgan fingerprint density at radius 3 is 0.767 bits per heavy atom. The van der Waals surface area contributed by atoms with Gasteiger partial charge in [0.25, 0.3) is 0 Å². The summed E-state index contributed by atoms with van der Waals surface area (Å²) in [5.74, 6) is 3.77.